The highest BCUT2D eigenvalue weighted by Crippen LogP contribution is 2.45. The van der Waals surface area contributed by atoms with Crippen LogP contribution in [0, 0.1) is 0 Å². The first kappa shape index (κ1) is 21.6. The van der Waals surface area contributed by atoms with Crippen molar-refractivity contribution in [3.8, 4) is 11.1 Å². The SMILES string of the molecule is NC1CCC(NC(=O)CN2c3ccc(C(F)(F)F)cc3-c3ccccc3S2(=O)=O)CC1. The number of amides is 1. The lowest BCUT2D eigenvalue weighted by atomic mass is 9.92. The largest absolute Gasteiger partial charge is 0.416 e. The molecule has 31 heavy (non-hydrogen) atoms. The molecule has 0 spiro atoms. The minimum absolute atomic E-state index is 0.0486. The minimum Gasteiger partial charge on any atom is -0.352 e. The average Bonchev–Trinajstić information content (AvgIpc) is 2.72. The second-order valence-electron chi connectivity index (χ2n) is 7.92. The van der Waals surface area contributed by atoms with Gasteiger partial charge in [-0.3, -0.25) is 9.10 Å². The lowest BCUT2D eigenvalue weighted by Gasteiger charge is -2.33. The van der Waals surface area contributed by atoms with Gasteiger partial charge in [0.05, 0.1) is 16.1 Å². The van der Waals surface area contributed by atoms with Crippen LogP contribution in [-0.2, 0) is 21.0 Å². The monoisotopic (exact) mass is 453 g/mol. The summed E-state index contributed by atoms with van der Waals surface area (Å²) in [5, 5.41) is 2.83. The van der Waals surface area contributed by atoms with Crippen molar-refractivity contribution in [1.82, 2.24) is 5.32 Å². The van der Waals surface area contributed by atoms with Gasteiger partial charge in [-0.2, -0.15) is 13.2 Å². The molecule has 4 rings (SSSR count). The Labute approximate surface area is 178 Å². The lowest BCUT2D eigenvalue weighted by molar-refractivity contribution is -0.137. The summed E-state index contributed by atoms with van der Waals surface area (Å²) in [5.41, 5.74) is 5.34. The predicted molar refractivity (Wildman–Crippen MR) is 110 cm³/mol. The first-order valence-corrected chi connectivity index (χ1v) is 11.4. The first-order chi connectivity index (χ1) is 14.6. The molecule has 0 atom stereocenters. The molecule has 1 fully saturated rings. The number of hydrogen-bond acceptors (Lipinski definition) is 4. The fourth-order valence-corrected chi connectivity index (χ4v) is 5.79. The van der Waals surface area contributed by atoms with Gasteiger partial charge in [0.15, 0.2) is 0 Å². The molecule has 0 saturated heterocycles. The molecule has 2 aromatic carbocycles. The molecule has 0 radical (unpaired) electrons. The molecule has 6 nitrogen and oxygen atoms in total. The fourth-order valence-electron chi connectivity index (χ4n) is 4.15. The molecule has 1 aliphatic carbocycles. The number of sulfonamides is 1. The molecular formula is C21H22F3N3O3S. The van der Waals surface area contributed by atoms with Gasteiger partial charge in [0.25, 0.3) is 10.0 Å². The van der Waals surface area contributed by atoms with E-state index >= 15 is 0 Å². The van der Waals surface area contributed by atoms with Crippen LogP contribution in [0.1, 0.15) is 31.2 Å². The fraction of sp³-hybridized carbons (Fsp3) is 0.381. The quantitative estimate of drug-likeness (QED) is 0.746. The van der Waals surface area contributed by atoms with Crippen molar-refractivity contribution in [3.63, 3.8) is 0 Å². The Balaban J connectivity index is 1.69. The van der Waals surface area contributed by atoms with Gasteiger partial charge in [0, 0.05) is 23.2 Å². The van der Waals surface area contributed by atoms with Gasteiger partial charge in [-0.05, 0) is 49.9 Å². The number of nitrogens with two attached hydrogens (primary N) is 1. The molecule has 2 aliphatic rings. The third kappa shape index (κ3) is 4.14. The second-order valence-corrected chi connectivity index (χ2v) is 9.75. The van der Waals surface area contributed by atoms with Crippen LogP contribution in [0.3, 0.4) is 0 Å². The van der Waals surface area contributed by atoms with Crippen molar-refractivity contribution in [1.29, 1.82) is 0 Å². The van der Waals surface area contributed by atoms with Gasteiger partial charge in [-0.1, -0.05) is 18.2 Å². The van der Waals surface area contributed by atoms with Crippen molar-refractivity contribution >= 4 is 21.6 Å². The number of carbonyl (C=O) groups is 1. The van der Waals surface area contributed by atoms with Gasteiger partial charge >= 0.3 is 6.18 Å². The number of benzene rings is 2. The van der Waals surface area contributed by atoms with Crippen molar-refractivity contribution < 1.29 is 26.4 Å². The van der Waals surface area contributed by atoms with Crippen molar-refractivity contribution in [2.24, 2.45) is 5.73 Å². The zero-order valence-corrected chi connectivity index (χ0v) is 17.3. The zero-order valence-electron chi connectivity index (χ0n) is 16.5. The van der Waals surface area contributed by atoms with Crippen LogP contribution in [0.2, 0.25) is 0 Å². The lowest BCUT2D eigenvalue weighted by Crippen LogP contribution is -2.47. The van der Waals surface area contributed by atoms with E-state index in [1.54, 1.807) is 6.07 Å². The molecule has 2 aromatic rings. The maximum atomic E-state index is 13.3. The smallest absolute Gasteiger partial charge is 0.352 e. The molecule has 3 N–H and O–H groups in total. The van der Waals surface area contributed by atoms with Crippen molar-refractivity contribution in [3.05, 3.63) is 48.0 Å². The number of nitrogens with zero attached hydrogens (tertiary/aromatic N) is 1. The van der Waals surface area contributed by atoms with E-state index in [-0.39, 0.29) is 33.8 Å². The zero-order chi connectivity index (χ0) is 22.4. The summed E-state index contributed by atoms with van der Waals surface area (Å²) in [4.78, 5) is 12.5. The summed E-state index contributed by atoms with van der Waals surface area (Å²) in [6.45, 7) is -0.516. The highest BCUT2D eigenvalue weighted by molar-refractivity contribution is 7.93. The van der Waals surface area contributed by atoms with Gasteiger partial charge in [-0.15, -0.1) is 0 Å². The number of hydrogen-bond donors (Lipinski definition) is 2. The topological polar surface area (TPSA) is 92.5 Å². The first-order valence-electron chi connectivity index (χ1n) is 9.95. The molecule has 0 unspecified atom stereocenters. The summed E-state index contributed by atoms with van der Waals surface area (Å²) in [6.07, 6.45) is -1.64. The minimum atomic E-state index is -4.58. The number of nitrogens with one attached hydrogen (secondary N) is 1. The third-order valence-corrected chi connectivity index (χ3v) is 7.58. The van der Waals surface area contributed by atoms with Crippen LogP contribution >= 0.6 is 0 Å². The van der Waals surface area contributed by atoms with E-state index in [1.165, 1.54) is 18.2 Å². The van der Waals surface area contributed by atoms with E-state index in [0.717, 1.165) is 35.3 Å². The van der Waals surface area contributed by atoms with Crippen molar-refractivity contribution in [2.45, 2.75) is 48.8 Å². The standard InChI is InChI=1S/C21H22F3N3O3S/c22-21(23,24)13-5-10-18-17(11-13)16-3-1-2-4-19(16)31(29,30)27(18)12-20(28)26-15-8-6-14(25)7-9-15/h1-5,10-11,14-15H,6-9,12,25H2,(H,26,28). The molecule has 1 saturated carbocycles. The molecule has 166 valence electrons. The summed E-state index contributed by atoms with van der Waals surface area (Å²) >= 11 is 0. The van der Waals surface area contributed by atoms with E-state index in [0.29, 0.717) is 12.8 Å². The van der Waals surface area contributed by atoms with Crippen LogP contribution < -0.4 is 15.4 Å². The Hall–Kier alpha value is -2.59. The van der Waals surface area contributed by atoms with Gasteiger partial charge in [-0.25, -0.2) is 8.42 Å². The van der Waals surface area contributed by atoms with Crippen LogP contribution in [0.5, 0.6) is 0 Å². The van der Waals surface area contributed by atoms with E-state index < -0.39 is 34.2 Å². The van der Waals surface area contributed by atoms with E-state index in [2.05, 4.69) is 5.32 Å². The van der Waals surface area contributed by atoms with Gasteiger partial charge in [0.2, 0.25) is 5.91 Å². The summed E-state index contributed by atoms with van der Waals surface area (Å²) in [7, 11) is -4.12. The summed E-state index contributed by atoms with van der Waals surface area (Å²) in [5.74, 6) is -0.505. The van der Waals surface area contributed by atoms with E-state index in [9.17, 15) is 26.4 Å². The van der Waals surface area contributed by atoms with E-state index in [4.69, 9.17) is 5.73 Å². The molecule has 0 bridgehead atoms. The normalized spacial score (nSPS) is 22.4. The molecule has 1 aliphatic heterocycles. The Bertz CT molecular complexity index is 1110. The summed E-state index contributed by atoms with van der Waals surface area (Å²) < 4.78 is 67.2. The Morgan fingerprint density at radius 3 is 2.42 bits per heavy atom. The van der Waals surface area contributed by atoms with Crippen LogP contribution in [0.4, 0.5) is 18.9 Å². The molecule has 1 heterocycles. The number of anilines is 1. The van der Waals surface area contributed by atoms with Crippen LogP contribution in [0.25, 0.3) is 11.1 Å². The van der Waals surface area contributed by atoms with Gasteiger partial charge < -0.3 is 11.1 Å². The average molecular weight is 453 g/mol. The van der Waals surface area contributed by atoms with Crippen molar-refractivity contribution in [2.75, 3.05) is 10.8 Å². The molecular weight excluding hydrogens is 431 g/mol. The summed E-state index contributed by atoms with van der Waals surface area (Å²) in [6, 6.07) is 8.73. The Kier molecular flexibility index (Phi) is 5.47. The molecule has 1 amide bonds. The second kappa shape index (κ2) is 7.83. The molecule has 10 heteroatoms. The number of rotatable bonds is 3. The number of halogens is 3. The Morgan fingerprint density at radius 2 is 1.74 bits per heavy atom. The predicted octanol–water partition coefficient (Wildman–Crippen LogP) is 3.27. The molecule has 0 aromatic heterocycles. The van der Waals surface area contributed by atoms with Crippen LogP contribution in [0.15, 0.2) is 47.4 Å². The third-order valence-electron chi connectivity index (χ3n) is 5.76. The van der Waals surface area contributed by atoms with E-state index in [1.807, 2.05) is 0 Å². The Morgan fingerprint density at radius 1 is 1.06 bits per heavy atom. The van der Waals surface area contributed by atoms with Crippen LogP contribution in [-0.4, -0.2) is 33.0 Å². The number of fused-ring (bicyclic) bond motifs is 3. The highest BCUT2D eigenvalue weighted by atomic mass is 32.2. The number of alkyl halides is 3. The number of carbonyl (C=O) groups excluding carboxylic acids is 1. The maximum absolute atomic E-state index is 13.3. The maximum Gasteiger partial charge on any atom is 0.416 e. The van der Waals surface area contributed by atoms with Gasteiger partial charge in [0.1, 0.15) is 6.54 Å². The highest BCUT2D eigenvalue weighted by Gasteiger charge is 2.38.